The van der Waals surface area contributed by atoms with Gasteiger partial charge in [-0.25, -0.2) is 0 Å². The number of aromatic nitrogens is 1. The highest BCUT2D eigenvalue weighted by molar-refractivity contribution is 5.33. The Hall–Kier alpha value is -1.30. The minimum absolute atomic E-state index is 0.322. The fraction of sp³-hybridized carbons (Fsp3) is 0.200. The third kappa shape index (κ3) is 0.684. The van der Waals surface area contributed by atoms with Gasteiger partial charge in [0.25, 0.3) is 0 Å². The Morgan fingerprint density at radius 3 is 2.88 bits per heavy atom. The maximum Gasteiger partial charge on any atom is 0.318 e. The van der Waals surface area contributed by atoms with Crippen molar-refractivity contribution in [2.24, 2.45) is 0 Å². The summed E-state index contributed by atoms with van der Waals surface area (Å²) in [5.74, 6) is 0.999. The summed E-state index contributed by atoms with van der Waals surface area (Å²) in [4.78, 5) is 3.04. The van der Waals surface area contributed by atoms with Crippen molar-refractivity contribution in [3.8, 4) is 0 Å². The first-order valence-corrected chi connectivity index (χ1v) is 2.13. The van der Waals surface area contributed by atoms with Crippen LogP contribution >= 0.6 is 0 Å². The summed E-state index contributed by atoms with van der Waals surface area (Å²) in [6.45, 7) is 8.21. The highest BCUT2D eigenvalue weighted by Gasteiger charge is 1.96. The number of aryl methyl sites for hydroxylation is 1. The van der Waals surface area contributed by atoms with Gasteiger partial charge < -0.3 is 4.85 Å². The molecule has 0 N–H and O–H groups in total. The summed E-state index contributed by atoms with van der Waals surface area (Å²) in [5, 5.41) is 3.41. The quantitative estimate of drug-likeness (QED) is 0.472. The van der Waals surface area contributed by atoms with Crippen molar-refractivity contribution in [1.29, 1.82) is 0 Å². The monoisotopic (exact) mass is 108 g/mol. The van der Waals surface area contributed by atoms with E-state index < -0.39 is 0 Å². The molecule has 0 amide bonds. The van der Waals surface area contributed by atoms with E-state index in [2.05, 4.69) is 14.5 Å². The van der Waals surface area contributed by atoms with Crippen LogP contribution in [0.3, 0.4) is 0 Å². The van der Waals surface area contributed by atoms with Crippen LogP contribution in [0.1, 0.15) is 5.76 Å². The maximum atomic E-state index is 6.46. The first kappa shape index (κ1) is 4.85. The van der Waals surface area contributed by atoms with Gasteiger partial charge in [0.15, 0.2) is 0 Å². The third-order valence-electron chi connectivity index (χ3n) is 0.730. The predicted molar refractivity (Wildman–Crippen MR) is 27.5 cm³/mol. The summed E-state index contributed by atoms with van der Waals surface area (Å²) in [6.07, 6.45) is 0. The van der Waals surface area contributed by atoms with Crippen LogP contribution in [0.5, 0.6) is 0 Å². The van der Waals surface area contributed by atoms with Crippen LogP contribution in [0.25, 0.3) is 4.85 Å². The molecule has 0 fully saturated rings. The molecule has 0 aliphatic heterocycles. The van der Waals surface area contributed by atoms with Crippen molar-refractivity contribution in [3.05, 3.63) is 23.2 Å². The van der Waals surface area contributed by atoms with E-state index in [0.29, 0.717) is 11.6 Å². The van der Waals surface area contributed by atoms with E-state index >= 15 is 0 Å². The van der Waals surface area contributed by atoms with E-state index in [1.54, 1.807) is 13.0 Å². The highest BCUT2D eigenvalue weighted by Crippen LogP contribution is 2.09. The maximum absolute atomic E-state index is 6.46. The zero-order valence-corrected chi connectivity index (χ0v) is 4.38. The zero-order valence-electron chi connectivity index (χ0n) is 4.38. The Morgan fingerprint density at radius 1 is 1.88 bits per heavy atom. The second kappa shape index (κ2) is 1.66. The zero-order chi connectivity index (χ0) is 5.98. The van der Waals surface area contributed by atoms with Gasteiger partial charge in [0, 0.05) is 6.07 Å². The van der Waals surface area contributed by atoms with Crippen molar-refractivity contribution in [3.63, 3.8) is 0 Å². The molecule has 3 nitrogen and oxygen atoms in total. The van der Waals surface area contributed by atoms with E-state index in [0.717, 1.165) is 0 Å². The van der Waals surface area contributed by atoms with Crippen molar-refractivity contribution in [2.45, 2.75) is 6.92 Å². The average molecular weight is 108 g/mol. The molecule has 0 atom stereocenters. The Labute approximate surface area is 46.7 Å². The van der Waals surface area contributed by atoms with Crippen LogP contribution in [0.2, 0.25) is 0 Å². The minimum atomic E-state index is 0.322. The SMILES string of the molecule is [C-]#[N+]c1cc(C)on1. The van der Waals surface area contributed by atoms with E-state index in [1.807, 2.05) is 0 Å². The highest BCUT2D eigenvalue weighted by atomic mass is 16.5. The molecule has 1 rings (SSSR count). The van der Waals surface area contributed by atoms with E-state index in [4.69, 9.17) is 6.57 Å². The van der Waals surface area contributed by atoms with Gasteiger partial charge in [-0.2, -0.15) is 0 Å². The van der Waals surface area contributed by atoms with Gasteiger partial charge in [0.2, 0.25) is 0 Å². The molecule has 0 bridgehead atoms. The lowest BCUT2D eigenvalue weighted by atomic mass is 10.5. The van der Waals surface area contributed by atoms with E-state index in [-0.39, 0.29) is 0 Å². The second-order valence-corrected chi connectivity index (χ2v) is 1.41. The number of nitrogens with zero attached hydrogens (tertiary/aromatic N) is 2. The summed E-state index contributed by atoms with van der Waals surface area (Å²) < 4.78 is 4.59. The van der Waals surface area contributed by atoms with Crippen LogP contribution in [0.4, 0.5) is 5.82 Å². The van der Waals surface area contributed by atoms with Crippen LogP contribution in [-0.4, -0.2) is 5.16 Å². The summed E-state index contributed by atoms with van der Waals surface area (Å²) in [7, 11) is 0. The van der Waals surface area contributed by atoms with Gasteiger partial charge in [-0.15, -0.1) is 0 Å². The van der Waals surface area contributed by atoms with Gasteiger partial charge >= 0.3 is 5.82 Å². The standard InChI is InChI=1S/C5H4N2O/c1-4-3-5(6-2)7-8-4/h3H,1H3. The summed E-state index contributed by atoms with van der Waals surface area (Å²) in [5.41, 5.74) is 0. The molecule has 1 aromatic rings. The van der Waals surface area contributed by atoms with Crippen LogP contribution in [-0.2, 0) is 0 Å². The van der Waals surface area contributed by atoms with Crippen molar-refractivity contribution in [2.75, 3.05) is 0 Å². The molecule has 0 unspecified atom stereocenters. The fourth-order valence-corrected chi connectivity index (χ4v) is 0.406. The third-order valence-corrected chi connectivity index (χ3v) is 0.730. The Bertz CT molecular complexity index is 221. The van der Waals surface area contributed by atoms with Crippen molar-refractivity contribution in [1.82, 2.24) is 5.16 Å². The lowest BCUT2D eigenvalue weighted by Crippen LogP contribution is -1.50. The number of hydrogen-bond acceptors (Lipinski definition) is 2. The molecule has 0 saturated carbocycles. The molecule has 0 radical (unpaired) electrons. The van der Waals surface area contributed by atoms with Gasteiger partial charge in [0.1, 0.15) is 5.76 Å². The van der Waals surface area contributed by atoms with Gasteiger partial charge in [0.05, 0.1) is 5.16 Å². The molecule has 1 aromatic heterocycles. The largest absolute Gasteiger partial charge is 0.357 e. The molecule has 8 heavy (non-hydrogen) atoms. The molecule has 0 aromatic carbocycles. The second-order valence-electron chi connectivity index (χ2n) is 1.41. The van der Waals surface area contributed by atoms with E-state index in [9.17, 15) is 0 Å². The fourth-order valence-electron chi connectivity index (χ4n) is 0.406. The Kier molecular flexibility index (Phi) is 1.01. The molecule has 1 heterocycles. The van der Waals surface area contributed by atoms with E-state index in [1.165, 1.54) is 0 Å². The molecule has 0 aliphatic carbocycles. The molecule has 0 spiro atoms. The lowest BCUT2D eigenvalue weighted by molar-refractivity contribution is 0.401. The topological polar surface area (TPSA) is 30.4 Å². The molecular weight excluding hydrogens is 104 g/mol. The first-order valence-electron chi connectivity index (χ1n) is 2.13. The molecular formula is C5H4N2O. The molecule has 0 saturated heterocycles. The van der Waals surface area contributed by atoms with Crippen LogP contribution < -0.4 is 0 Å². The summed E-state index contributed by atoms with van der Waals surface area (Å²) in [6, 6.07) is 1.59. The van der Waals surface area contributed by atoms with Crippen molar-refractivity contribution >= 4 is 5.82 Å². The molecule has 3 heteroatoms. The lowest BCUT2D eigenvalue weighted by Gasteiger charge is -1.64. The van der Waals surface area contributed by atoms with Crippen LogP contribution in [0, 0.1) is 13.5 Å². The Morgan fingerprint density at radius 2 is 2.62 bits per heavy atom. The van der Waals surface area contributed by atoms with Crippen molar-refractivity contribution < 1.29 is 4.52 Å². The molecule has 0 aliphatic rings. The minimum Gasteiger partial charge on any atom is -0.357 e. The normalized spacial score (nSPS) is 8.50. The number of hydrogen-bond donors (Lipinski definition) is 0. The van der Waals surface area contributed by atoms with Gasteiger partial charge in [-0.1, -0.05) is 6.57 Å². The van der Waals surface area contributed by atoms with Gasteiger partial charge in [-0.3, -0.25) is 4.52 Å². The summed E-state index contributed by atoms with van der Waals surface area (Å²) >= 11 is 0. The predicted octanol–water partition coefficient (Wildman–Crippen LogP) is 1.53. The smallest absolute Gasteiger partial charge is 0.318 e. The Balaban J connectivity index is 3.05. The first-order chi connectivity index (χ1) is 3.83. The van der Waals surface area contributed by atoms with Gasteiger partial charge in [-0.05, 0) is 6.92 Å². The van der Waals surface area contributed by atoms with Crippen LogP contribution in [0.15, 0.2) is 10.6 Å². The average Bonchev–Trinajstić information content (AvgIpc) is 2.14. The molecule has 40 valence electrons. The number of rotatable bonds is 0.